The number of methoxy groups -OCH3 is 2. The van der Waals surface area contributed by atoms with E-state index in [2.05, 4.69) is 16.6 Å². The van der Waals surface area contributed by atoms with Crippen molar-refractivity contribution in [3.05, 3.63) is 59.2 Å². The van der Waals surface area contributed by atoms with E-state index in [0.29, 0.717) is 17.1 Å². The van der Waals surface area contributed by atoms with E-state index in [1.165, 1.54) is 5.56 Å². The van der Waals surface area contributed by atoms with E-state index in [1.807, 2.05) is 18.2 Å². The van der Waals surface area contributed by atoms with Gasteiger partial charge in [-0.15, -0.1) is 0 Å². The van der Waals surface area contributed by atoms with Crippen LogP contribution in [0.25, 0.3) is 0 Å². The smallest absolute Gasteiger partial charge is 0.271 e. The largest absolute Gasteiger partial charge is 0.497 e. The summed E-state index contributed by atoms with van der Waals surface area (Å²) in [7, 11) is 3.10. The van der Waals surface area contributed by atoms with Crippen molar-refractivity contribution in [3.63, 3.8) is 0 Å². The lowest BCUT2D eigenvalue weighted by atomic mass is 10.1. The number of fused-ring (bicyclic) bond motifs is 1. The van der Waals surface area contributed by atoms with Gasteiger partial charge in [-0.05, 0) is 30.5 Å². The van der Waals surface area contributed by atoms with Crippen LogP contribution in [0.2, 0.25) is 0 Å². The molecule has 2 aromatic rings. The van der Waals surface area contributed by atoms with Gasteiger partial charge in [0.1, 0.15) is 11.5 Å². The molecule has 118 valence electrons. The molecule has 5 nitrogen and oxygen atoms in total. The number of hydrazone groups is 1. The first-order valence-corrected chi connectivity index (χ1v) is 7.39. The van der Waals surface area contributed by atoms with Gasteiger partial charge in [0.2, 0.25) is 0 Å². The lowest BCUT2D eigenvalue weighted by molar-refractivity contribution is 0.0954. The molecular weight excluding hydrogens is 292 g/mol. The Bertz CT molecular complexity index is 746. The van der Waals surface area contributed by atoms with E-state index >= 15 is 0 Å². The van der Waals surface area contributed by atoms with Crippen LogP contribution in [0.15, 0.2) is 47.6 Å². The normalized spacial score (nSPS) is 14.4. The first-order chi connectivity index (χ1) is 11.2. The second kappa shape index (κ2) is 6.52. The molecule has 3 rings (SSSR count). The Morgan fingerprint density at radius 1 is 1.04 bits per heavy atom. The number of aryl methyl sites for hydroxylation is 1. The SMILES string of the molecule is COc1cc(OC)cc(C(=O)N/N=C2\CCc3ccccc32)c1. The highest BCUT2D eigenvalue weighted by Gasteiger charge is 2.17. The zero-order valence-electron chi connectivity index (χ0n) is 13.1. The molecule has 1 N–H and O–H groups in total. The topological polar surface area (TPSA) is 59.9 Å². The average Bonchev–Trinajstić information content (AvgIpc) is 3.02. The number of carbonyl (C=O) groups is 1. The van der Waals surface area contributed by atoms with Crippen molar-refractivity contribution in [2.24, 2.45) is 5.10 Å². The lowest BCUT2D eigenvalue weighted by Gasteiger charge is -2.08. The maximum absolute atomic E-state index is 12.3. The van der Waals surface area contributed by atoms with Crippen molar-refractivity contribution >= 4 is 11.6 Å². The van der Waals surface area contributed by atoms with Gasteiger partial charge in [-0.2, -0.15) is 5.10 Å². The second-order valence-electron chi connectivity index (χ2n) is 5.26. The zero-order chi connectivity index (χ0) is 16.2. The van der Waals surface area contributed by atoms with Gasteiger partial charge in [0.15, 0.2) is 0 Å². The Balaban J connectivity index is 1.79. The highest BCUT2D eigenvalue weighted by Crippen LogP contribution is 2.23. The van der Waals surface area contributed by atoms with E-state index in [1.54, 1.807) is 32.4 Å². The number of ether oxygens (including phenoxy) is 2. The van der Waals surface area contributed by atoms with Crippen molar-refractivity contribution in [1.82, 2.24) is 5.43 Å². The number of amides is 1. The summed E-state index contributed by atoms with van der Waals surface area (Å²) in [5.41, 5.74) is 6.34. The predicted molar refractivity (Wildman–Crippen MR) is 88.3 cm³/mol. The Labute approximate surface area is 134 Å². The van der Waals surface area contributed by atoms with Gasteiger partial charge >= 0.3 is 0 Å². The van der Waals surface area contributed by atoms with Gasteiger partial charge in [-0.1, -0.05) is 24.3 Å². The first kappa shape index (κ1) is 15.1. The van der Waals surface area contributed by atoms with E-state index in [4.69, 9.17) is 9.47 Å². The van der Waals surface area contributed by atoms with Crippen LogP contribution in [0.1, 0.15) is 27.9 Å². The Hall–Kier alpha value is -2.82. The molecule has 5 heteroatoms. The summed E-state index contributed by atoms with van der Waals surface area (Å²) >= 11 is 0. The third kappa shape index (κ3) is 3.18. The van der Waals surface area contributed by atoms with Crippen molar-refractivity contribution in [3.8, 4) is 11.5 Å². The summed E-state index contributed by atoms with van der Waals surface area (Å²) in [5, 5.41) is 4.29. The predicted octanol–water partition coefficient (Wildman–Crippen LogP) is 2.78. The molecule has 0 radical (unpaired) electrons. The van der Waals surface area contributed by atoms with Gasteiger partial charge < -0.3 is 9.47 Å². The molecule has 0 bridgehead atoms. The Kier molecular flexibility index (Phi) is 4.28. The van der Waals surface area contributed by atoms with Gasteiger partial charge in [-0.25, -0.2) is 5.43 Å². The number of benzene rings is 2. The monoisotopic (exact) mass is 310 g/mol. The van der Waals surface area contributed by atoms with E-state index < -0.39 is 0 Å². The maximum Gasteiger partial charge on any atom is 0.271 e. The molecule has 0 atom stereocenters. The molecule has 0 spiro atoms. The van der Waals surface area contributed by atoms with Crippen LogP contribution in [-0.4, -0.2) is 25.8 Å². The third-order valence-corrected chi connectivity index (χ3v) is 3.87. The number of nitrogens with one attached hydrogen (secondary N) is 1. The minimum Gasteiger partial charge on any atom is -0.497 e. The summed E-state index contributed by atoms with van der Waals surface area (Å²) in [6.07, 6.45) is 1.79. The number of rotatable bonds is 4. The summed E-state index contributed by atoms with van der Waals surface area (Å²) in [6, 6.07) is 13.1. The van der Waals surface area contributed by atoms with Crippen LogP contribution in [0.5, 0.6) is 11.5 Å². The average molecular weight is 310 g/mol. The fourth-order valence-electron chi connectivity index (χ4n) is 2.65. The number of nitrogens with zero attached hydrogens (tertiary/aromatic N) is 1. The van der Waals surface area contributed by atoms with Gasteiger partial charge in [0, 0.05) is 17.2 Å². The molecule has 0 saturated heterocycles. The van der Waals surface area contributed by atoms with Crippen LogP contribution in [-0.2, 0) is 6.42 Å². The standard InChI is InChI=1S/C18H18N2O3/c1-22-14-9-13(10-15(11-14)23-2)18(21)20-19-17-8-7-12-5-3-4-6-16(12)17/h3-6,9-11H,7-8H2,1-2H3,(H,20,21)/b19-17+. The minimum atomic E-state index is -0.293. The van der Waals surface area contributed by atoms with Crippen molar-refractivity contribution < 1.29 is 14.3 Å². The molecule has 0 aliphatic heterocycles. The molecule has 0 aromatic heterocycles. The van der Waals surface area contributed by atoms with Crippen LogP contribution in [0, 0.1) is 0 Å². The highest BCUT2D eigenvalue weighted by molar-refractivity contribution is 6.05. The molecule has 0 saturated carbocycles. The summed E-state index contributed by atoms with van der Waals surface area (Å²) in [4.78, 5) is 12.3. The molecule has 2 aromatic carbocycles. The molecule has 0 heterocycles. The molecule has 1 aliphatic carbocycles. The van der Waals surface area contributed by atoms with Gasteiger partial charge in [-0.3, -0.25) is 4.79 Å². The fourth-order valence-corrected chi connectivity index (χ4v) is 2.65. The van der Waals surface area contributed by atoms with E-state index in [9.17, 15) is 4.79 Å². The van der Waals surface area contributed by atoms with Crippen molar-refractivity contribution in [2.75, 3.05) is 14.2 Å². The quantitative estimate of drug-likeness (QED) is 0.883. The van der Waals surface area contributed by atoms with Crippen LogP contribution in [0.3, 0.4) is 0 Å². The molecule has 23 heavy (non-hydrogen) atoms. The molecule has 0 fully saturated rings. The Morgan fingerprint density at radius 3 is 2.43 bits per heavy atom. The van der Waals surface area contributed by atoms with Crippen LogP contribution in [0.4, 0.5) is 0 Å². The van der Waals surface area contributed by atoms with Gasteiger partial charge in [0.05, 0.1) is 19.9 Å². The summed E-state index contributed by atoms with van der Waals surface area (Å²) in [5.74, 6) is 0.834. The van der Waals surface area contributed by atoms with Crippen molar-refractivity contribution in [2.45, 2.75) is 12.8 Å². The van der Waals surface area contributed by atoms with Crippen molar-refractivity contribution in [1.29, 1.82) is 0 Å². The Morgan fingerprint density at radius 2 is 1.74 bits per heavy atom. The van der Waals surface area contributed by atoms with Crippen LogP contribution >= 0.6 is 0 Å². The fraction of sp³-hybridized carbons (Fsp3) is 0.222. The minimum absolute atomic E-state index is 0.293. The zero-order valence-corrected chi connectivity index (χ0v) is 13.1. The number of hydrogen-bond acceptors (Lipinski definition) is 4. The molecule has 1 aliphatic rings. The summed E-state index contributed by atoms with van der Waals surface area (Å²) in [6.45, 7) is 0. The molecular formula is C18H18N2O3. The first-order valence-electron chi connectivity index (χ1n) is 7.39. The second-order valence-corrected chi connectivity index (χ2v) is 5.26. The van der Waals surface area contributed by atoms with Gasteiger partial charge in [0.25, 0.3) is 5.91 Å². The summed E-state index contributed by atoms with van der Waals surface area (Å²) < 4.78 is 10.4. The third-order valence-electron chi connectivity index (χ3n) is 3.87. The molecule has 0 unspecified atom stereocenters. The maximum atomic E-state index is 12.3. The molecule has 1 amide bonds. The van der Waals surface area contributed by atoms with E-state index in [-0.39, 0.29) is 5.91 Å². The lowest BCUT2D eigenvalue weighted by Crippen LogP contribution is -2.19. The van der Waals surface area contributed by atoms with Crippen LogP contribution < -0.4 is 14.9 Å². The number of hydrogen-bond donors (Lipinski definition) is 1. The van der Waals surface area contributed by atoms with E-state index in [0.717, 1.165) is 24.1 Å². The highest BCUT2D eigenvalue weighted by atomic mass is 16.5. The number of carbonyl (C=O) groups excluding carboxylic acids is 1.